The summed E-state index contributed by atoms with van der Waals surface area (Å²) in [6.07, 6.45) is 4.31. The summed E-state index contributed by atoms with van der Waals surface area (Å²) in [7, 11) is 0. The van der Waals surface area contributed by atoms with E-state index in [1.165, 1.54) is 22.3 Å². The van der Waals surface area contributed by atoms with Gasteiger partial charge in [0, 0.05) is 18.3 Å². The number of carbonyl (C=O) groups is 1. The molecular weight excluding hydrogens is 296 g/mol. The van der Waals surface area contributed by atoms with Crippen molar-refractivity contribution in [2.24, 2.45) is 5.41 Å². The van der Waals surface area contributed by atoms with Crippen LogP contribution < -0.4 is 4.74 Å². The Morgan fingerprint density at radius 2 is 1.79 bits per heavy atom. The van der Waals surface area contributed by atoms with Crippen molar-refractivity contribution < 1.29 is 9.53 Å². The molecule has 0 heterocycles. The average Bonchev–Trinajstić information content (AvgIpc) is 2.89. The molecule has 1 saturated carbocycles. The number of rotatable bonds is 3. The van der Waals surface area contributed by atoms with Crippen molar-refractivity contribution in [1.82, 2.24) is 0 Å². The van der Waals surface area contributed by atoms with Crippen LogP contribution in [0.5, 0.6) is 5.75 Å². The molecule has 4 rings (SSSR count). The monoisotopic (exact) mass is 318 g/mol. The summed E-state index contributed by atoms with van der Waals surface area (Å²) in [6, 6.07) is 16.6. The standard InChI is InChI=1S/C22H22O2/c1-16-21-13-20(24-15-17-5-3-2-4-6-17)8-7-18(21)14-22(16)11-9-19(23)10-12-22/h2-8,13H,1,9-12,14-15H2. The van der Waals surface area contributed by atoms with E-state index < -0.39 is 0 Å². The van der Waals surface area contributed by atoms with Gasteiger partial charge in [-0.3, -0.25) is 4.79 Å². The smallest absolute Gasteiger partial charge is 0.132 e. The maximum absolute atomic E-state index is 11.6. The fraction of sp³-hybridized carbons (Fsp3) is 0.318. The highest BCUT2D eigenvalue weighted by molar-refractivity contribution is 5.83. The topological polar surface area (TPSA) is 26.3 Å². The van der Waals surface area contributed by atoms with Crippen LogP contribution in [0.1, 0.15) is 42.4 Å². The lowest BCUT2D eigenvalue weighted by molar-refractivity contribution is -0.121. The van der Waals surface area contributed by atoms with Gasteiger partial charge in [0.25, 0.3) is 0 Å². The molecule has 0 radical (unpaired) electrons. The number of ketones is 1. The molecule has 0 atom stereocenters. The van der Waals surface area contributed by atoms with Gasteiger partial charge in [0.2, 0.25) is 0 Å². The molecular formula is C22H22O2. The molecule has 0 aliphatic heterocycles. The molecule has 2 aliphatic carbocycles. The van der Waals surface area contributed by atoms with Gasteiger partial charge < -0.3 is 4.74 Å². The molecule has 2 aromatic rings. The third-order valence-corrected chi connectivity index (χ3v) is 5.59. The largest absolute Gasteiger partial charge is 0.489 e. The Morgan fingerprint density at radius 1 is 1.04 bits per heavy atom. The van der Waals surface area contributed by atoms with Crippen molar-refractivity contribution in [1.29, 1.82) is 0 Å². The second-order valence-electron chi connectivity index (χ2n) is 7.07. The van der Waals surface area contributed by atoms with Crippen LogP contribution >= 0.6 is 0 Å². The summed E-state index contributed by atoms with van der Waals surface area (Å²) in [6.45, 7) is 4.97. The summed E-state index contributed by atoms with van der Waals surface area (Å²) in [5, 5.41) is 0. The number of ether oxygens (including phenoxy) is 1. The van der Waals surface area contributed by atoms with Gasteiger partial charge in [0.1, 0.15) is 18.1 Å². The zero-order chi connectivity index (χ0) is 16.6. The van der Waals surface area contributed by atoms with Gasteiger partial charge in [-0.25, -0.2) is 0 Å². The number of Topliss-reactive ketones (excluding diaryl/α,β-unsaturated/α-hetero) is 1. The van der Waals surface area contributed by atoms with Crippen molar-refractivity contribution in [3.05, 3.63) is 71.8 Å². The Labute approximate surface area is 143 Å². The minimum absolute atomic E-state index is 0.105. The van der Waals surface area contributed by atoms with Crippen LogP contribution in [-0.4, -0.2) is 5.78 Å². The fourth-order valence-electron chi connectivity index (χ4n) is 4.06. The third-order valence-electron chi connectivity index (χ3n) is 5.59. The van der Waals surface area contributed by atoms with Crippen LogP contribution in [-0.2, 0) is 17.8 Å². The van der Waals surface area contributed by atoms with Gasteiger partial charge >= 0.3 is 0 Å². The molecule has 2 nitrogen and oxygen atoms in total. The summed E-state index contributed by atoms with van der Waals surface area (Å²) < 4.78 is 5.96. The predicted octanol–water partition coefficient (Wildman–Crippen LogP) is 4.96. The van der Waals surface area contributed by atoms with E-state index in [2.05, 4.69) is 36.9 Å². The second kappa shape index (κ2) is 5.94. The lowest BCUT2D eigenvalue weighted by Crippen LogP contribution is -2.27. The molecule has 2 heteroatoms. The van der Waals surface area contributed by atoms with Crippen molar-refractivity contribution in [3.63, 3.8) is 0 Å². The maximum atomic E-state index is 11.6. The number of fused-ring (bicyclic) bond motifs is 1. The van der Waals surface area contributed by atoms with E-state index in [1.807, 2.05) is 18.2 Å². The Balaban J connectivity index is 1.52. The molecule has 24 heavy (non-hydrogen) atoms. The van der Waals surface area contributed by atoms with Gasteiger partial charge in [-0.15, -0.1) is 0 Å². The molecule has 0 bridgehead atoms. The molecule has 122 valence electrons. The fourth-order valence-corrected chi connectivity index (χ4v) is 4.06. The van der Waals surface area contributed by atoms with E-state index in [0.717, 1.165) is 25.0 Å². The summed E-state index contributed by atoms with van der Waals surface area (Å²) in [5.41, 5.74) is 5.06. The first-order chi connectivity index (χ1) is 11.7. The maximum Gasteiger partial charge on any atom is 0.132 e. The zero-order valence-electron chi connectivity index (χ0n) is 13.9. The first kappa shape index (κ1) is 15.2. The van der Waals surface area contributed by atoms with Crippen molar-refractivity contribution >= 4 is 11.4 Å². The van der Waals surface area contributed by atoms with Crippen molar-refractivity contribution in [2.75, 3.05) is 0 Å². The summed E-state index contributed by atoms with van der Waals surface area (Å²) in [5.74, 6) is 1.29. The number of carbonyl (C=O) groups excluding carboxylic acids is 1. The number of hydrogen-bond donors (Lipinski definition) is 0. The second-order valence-corrected chi connectivity index (χ2v) is 7.07. The quantitative estimate of drug-likeness (QED) is 0.799. The average molecular weight is 318 g/mol. The molecule has 1 fully saturated rings. The minimum atomic E-state index is 0.105. The highest BCUT2D eigenvalue weighted by Gasteiger charge is 2.42. The number of allylic oxidation sites excluding steroid dienone is 1. The molecule has 0 unspecified atom stereocenters. The van der Waals surface area contributed by atoms with Crippen molar-refractivity contribution in [2.45, 2.75) is 38.7 Å². The van der Waals surface area contributed by atoms with E-state index >= 15 is 0 Å². The molecule has 0 N–H and O–H groups in total. The predicted molar refractivity (Wildman–Crippen MR) is 95.9 cm³/mol. The van der Waals surface area contributed by atoms with E-state index in [-0.39, 0.29) is 5.41 Å². The first-order valence-corrected chi connectivity index (χ1v) is 8.67. The van der Waals surface area contributed by atoms with Crippen LogP contribution in [0.4, 0.5) is 0 Å². The Bertz CT molecular complexity index is 779. The van der Waals surface area contributed by atoms with Gasteiger partial charge in [0.05, 0.1) is 0 Å². The highest BCUT2D eigenvalue weighted by Crippen LogP contribution is 2.53. The molecule has 2 aromatic carbocycles. The minimum Gasteiger partial charge on any atom is -0.489 e. The van der Waals surface area contributed by atoms with Crippen molar-refractivity contribution in [3.8, 4) is 5.75 Å². The van der Waals surface area contributed by atoms with Crippen LogP contribution in [0.25, 0.3) is 5.57 Å². The van der Waals surface area contributed by atoms with E-state index in [4.69, 9.17) is 4.74 Å². The van der Waals surface area contributed by atoms with E-state index in [9.17, 15) is 4.79 Å². The molecule has 0 aromatic heterocycles. The Hall–Kier alpha value is -2.35. The van der Waals surface area contributed by atoms with E-state index in [1.54, 1.807) is 0 Å². The zero-order valence-corrected chi connectivity index (χ0v) is 13.9. The summed E-state index contributed by atoms with van der Waals surface area (Å²) >= 11 is 0. The van der Waals surface area contributed by atoms with Gasteiger partial charge in [0.15, 0.2) is 0 Å². The Morgan fingerprint density at radius 3 is 2.54 bits per heavy atom. The first-order valence-electron chi connectivity index (χ1n) is 8.67. The van der Waals surface area contributed by atoms with Crippen LogP contribution in [0, 0.1) is 5.41 Å². The normalized spacial score (nSPS) is 18.7. The van der Waals surface area contributed by atoms with Gasteiger partial charge in [-0.1, -0.05) is 43.0 Å². The van der Waals surface area contributed by atoms with Crippen LogP contribution in [0.15, 0.2) is 55.1 Å². The lowest BCUT2D eigenvalue weighted by Gasteiger charge is -2.34. The van der Waals surface area contributed by atoms with Gasteiger partial charge in [-0.2, -0.15) is 0 Å². The van der Waals surface area contributed by atoms with E-state index in [0.29, 0.717) is 25.2 Å². The summed E-state index contributed by atoms with van der Waals surface area (Å²) in [4.78, 5) is 11.6. The third kappa shape index (κ3) is 2.66. The van der Waals surface area contributed by atoms with Gasteiger partial charge in [-0.05, 0) is 53.7 Å². The molecule has 0 saturated heterocycles. The molecule has 1 spiro atoms. The SMILES string of the molecule is C=C1c2cc(OCc3ccccc3)ccc2CC12CCC(=O)CC2. The molecule has 2 aliphatic rings. The Kier molecular flexibility index (Phi) is 3.76. The van der Waals surface area contributed by atoms with Crippen LogP contribution in [0.3, 0.4) is 0 Å². The highest BCUT2D eigenvalue weighted by atomic mass is 16.5. The van der Waals surface area contributed by atoms with Crippen LogP contribution in [0.2, 0.25) is 0 Å². The molecule has 0 amide bonds. The number of hydrogen-bond acceptors (Lipinski definition) is 2. The lowest BCUT2D eigenvalue weighted by atomic mass is 9.69. The number of benzene rings is 2.